The van der Waals surface area contributed by atoms with Gasteiger partial charge < -0.3 is 4.74 Å². The number of hydrogen-bond donors (Lipinski definition) is 1. The highest BCUT2D eigenvalue weighted by Gasteiger charge is 2.18. The van der Waals surface area contributed by atoms with Gasteiger partial charge in [0, 0.05) is 12.1 Å². The largest absolute Gasteiger partial charge is 0.495 e. The van der Waals surface area contributed by atoms with Crippen molar-refractivity contribution in [2.75, 3.05) is 11.8 Å². The van der Waals surface area contributed by atoms with Crippen molar-refractivity contribution in [3.05, 3.63) is 57.6 Å². The average molecular weight is 343 g/mol. The molecule has 1 N–H and O–H groups in total. The summed E-state index contributed by atoms with van der Waals surface area (Å²) in [6, 6.07) is 9.12. The molecule has 9 heteroatoms. The van der Waals surface area contributed by atoms with Gasteiger partial charge in [-0.15, -0.1) is 0 Å². The Balaban J connectivity index is 2.33. The van der Waals surface area contributed by atoms with Gasteiger partial charge in [0.1, 0.15) is 5.75 Å². The van der Waals surface area contributed by atoms with Gasteiger partial charge in [0.05, 0.1) is 27.6 Å². The molecule has 2 aromatic rings. The summed E-state index contributed by atoms with van der Waals surface area (Å²) in [5.41, 5.74) is -0.0899. The first-order valence-corrected chi connectivity index (χ1v) is 7.80. The highest BCUT2D eigenvalue weighted by atomic mass is 35.5. The van der Waals surface area contributed by atoms with Crippen LogP contribution >= 0.6 is 11.6 Å². The molecule has 116 valence electrons. The molecular weight excluding hydrogens is 332 g/mol. The fourth-order valence-corrected chi connectivity index (χ4v) is 3.05. The van der Waals surface area contributed by atoms with Crippen LogP contribution in [0.15, 0.2) is 47.4 Å². The topological polar surface area (TPSA) is 98.5 Å². The summed E-state index contributed by atoms with van der Waals surface area (Å²) in [6.45, 7) is 0. The van der Waals surface area contributed by atoms with E-state index in [1.54, 1.807) is 0 Å². The molecular formula is C13H11ClN2O5S. The van der Waals surface area contributed by atoms with E-state index in [1.165, 1.54) is 43.5 Å². The molecule has 0 fully saturated rings. The third-order valence-corrected chi connectivity index (χ3v) is 4.42. The predicted octanol–water partition coefficient (Wildman–Crippen LogP) is 3.06. The zero-order valence-electron chi connectivity index (χ0n) is 11.3. The number of halogens is 1. The third-order valence-electron chi connectivity index (χ3n) is 2.74. The number of ether oxygens (including phenoxy) is 1. The number of non-ortho nitro benzene ring substituents is 1. The molecule has 0 bridgehead atoms. The number of nitrogens with one attached hydrogen (secondary N) is 1. The van der Waals surface area contributed by atoms with Crippen molar-refractivity contribution in [1.82, 2.24) is 0 Å². The van der Waals surface area contributed by atoms with Crippen LogP contribution in [0, 0.1) is 10.1 Å². The zero-order chi connectivity index (χ0) is 16.3. The van der Waals surface area contributed by atoms with Crippen molar-refractivity contribution in [2.24, 2.45) is 0 Å². The minimum Gasteiger partial charge on any atom is -0.495 e. The molecule has 0 aliphatic rings. The van der Waals surface area contributed by atoms with E-state index in [2.05, 4.69) is 4.72 Å². The Bertz CT molecular complexity index is 823. The van der Waals surface area contributed by atoms with Crippen LogP contribution in [-0.2, 0) is 10.0 Å². The quantitative estimate of drug-likeness (QED) is 0.665. The SMILES string of the molecule is COc1ccc(NS(=O)(=O)c2cccc([N+](=O)[O-])c2)cc1Cl. The predicted molar refractivity (Wildman–Crippen MR) is 81.9 cm³/mol. The lowest BCUT2D eigenvalue weighted by Crippen LogP contribution is -2.13. The summed E-state index contributed by atoms with van der Waals surface area (Å²) in [5.74, 6) is 0.403. The molecule has 2 aromatic carbocycles. The van der Waals surface area contributed by atoms with Crippen LogP contribution in [0.2, 0.25) is 5.02 Å². The number of hydrogen-bond acceptors (Lipinski definition) is 5. The van der Waals surface area contributed by atoms with Crippen LogP contribution in [0.4, 0.5) is 11.4 Å². The van der Waals surface area contributed by atoms with Crippen molar-refractivity contribution < 1.29 is 18.1 Å². The number of anilines is 1. The fraction of sp³-hybridized carbons (Fsp3) is 0.0769. The molecule has 2 rings (SSSR count). The standard InChI is InChI=1S/C13H11ClN2O5S/c1-21-13-6-5-9(7-12(13)14)15-22(19,20)11-4-2-3-10(8-11)16(17)18/h2-8,15H,1H3. The van der Waals surface area contributed by atoms with E-state index in [9.17, 15) is 18.5 Å². The molecule has 0 heterocycles. The lowest BCUT2D eigenvalue weighted by molar-refractivity contribution is -0.385. The normalized spacial score (nSPS) is 11.0. The molecule has 0 aliphatic carbocycles. The fourth-order valence-electron chi connectivity index (χ4n) is 1.71. The first-order valence-electron chi connectivity index (χ1n) is 5.94. The van der Waals surface area contributed by atoms with E-state index >= 15 is 0 Å². The van der Waals surface area contributed by atoms with Crippen LogP contribution in [0.25, 0.3) is 0 Å². The molecule has 0 aromatic heterocycles. The molecule has 0 amide bonds. The summed E-state index contributed by atoms with van der Waals surface area (Å²) >= 11 is 5.92. The zero-order valence-corrected chi connectivity index (χ0v) is 12.9. The van der Waals surface area contributed by atoms with E-state index in [1.807, 2.05) is 0 Å². The van der Waals surface area contributed by atoms with Crippen molar-refractivity contribution in [2.45, 2.75) is 4.90 Å². The second-order valence-electron chi connectivity index (χ2n) is 4.21. The maximum atomic E-state index is 12.2. The van der Waals surface area contributed by atoms with Crippen LogP contribution < -0.4 is 9.46 Å². The van der Waals surface area contributed by atoms with Crippen LogP contribution in [0.5, 0.6) is 5.75 Å². The molecule has 0 saturated heterocycles. The molecule has 7 nitrogen and oxygen atoms in total. The van der Waals surface area contributed by atoms with Crippen molar-refractivity contribution in [3.63, 3.8) is 0 Å². The number of nitro benzene ring substituents is 1. The number of nitrogens with zero attached hydrogens (tertiary/aromatic N) is 1. The van der Waals surface area contributed by atoms with Crippen LogP contribution in [0.1, 0.15) is 0 Å². The summed E-state index contributed by atoms with van der Waals surface area (Å²) in [5, 5.41) is 11.0. The smallest absolute Gasteiger partial charge is 0.270 e. The Labute approximate surface area is 131 Å². The van der Waals surface area contributed by atoms with Gasteiger partial charge in [-0.3, -0.25) is 14.8 Å². The highest BCUT2D eigenvalue weighted by Crippen LogP contribution is 2.28. The summed E-state index contributed by atoms with van der Waals surface area (Å²) in [7, 11) is -2.52. The minimum absolute atomic E-state index is 0.214. The average Bonchev–Trinajstić information content (AvgIpc) is 2.47. The van der Waals surface area contributed by atoms with Gasteiger partial charge in [0.25, 0.3) is 15.7 Å². The number of methoxy groups -OCH3 is 1. The van der Waals surface area contributed by atoms with Crippen molar-refractivity contribution >= 4 is 33.0 Å². The molecule has 0 atom stereocenters. The molecule has 0 spiro atoms. The summed E-state index contributed by atoms with van der Waals surface area (Å²) in [4.78, 5) is 9.83. The maximum absolute atomic E-state index is 12.2. The Morgan fingerprint density at radius 3 is 2.55 bits per heavy atom. The second-order valence-corrected chi connectivity index (χ2v) is 6.30. The lowest BCUT2D eigenvalue weighted by atomic mass is 10.3. The Kier molecular flexibility index (Phi) is 4.53. The van der Waals surface area contributed by atoms with E-state index in [4.69, 9.17) is 16.3 Å². The van der Waals surface area contributed by atoms with E-state index < -0.39 is 14.9 Å². The van der Waals surface area contributed by atoms with E-state index in [0.29, 0.717) is 5.75 Å². The van der Waals surface area contributed by atoms with Gasteiger partial charge in [-0.25, -0.2) is 8.42 Å². The molecule has 0 radical (unpaired) electrons. The van der Waals surface area contributed by atoms with E-state index in [-0.39, 0.29) is 21.3 Å². The molecule has 0 unspecified atom stereocenters. The van der Waals surface area contributed by atoms with Gasteiger partial charge in [0.2, 0.25) is 0 Å². The highest BCUT2D eigenvalue weighted by molar-refractivity contribution is 7.92. The third kappa shape index (κ3) is 3.46. The molecule has 0 saturated carbocycles. The summed E-state index contributed by atoms with van der Waals surface area (Å²) in [6.07, 6.45) is 0. The minimum atomic E-state index is -3.96. The van der Waals surface area contributed by atoms with Gasteiger partial charge >= 0.3 is 0 Å². The Morgan fingerprint density at radius 2 is 1.95 bits per heavy atom. The summed E-state index contributed by atoms with van der Waals surface area (Å²) < 4.78 is 31.7. The first-order chi connectivity index (χ1) is 10.3. The Hall–Kier alpha value is -2.32. The monoisotopic (exact) mass is 342 g/mol. The van der Waals surface area contributed by atoms with Crippen LogP contribution in [0.3, 0.4) is 0 Å². The van der Waals surface area contributed by atoms with Crippen LogP contribution in [-0.4, -0.2) is 20.5 Å². The number of rotatable bonds is 5. The van der Waals surface area contributed by atoms with Gasteiger partial charge in [-0.1, -0.05) is 17.7 Å². The van der Waals surface area contributed by atoms with Crippen molar-refractivity contribution in [1.29, 1.82) is 0 Å². The lowest BCUT2D eigenvalue weighted by Gasteiger charge is -2.10. The number of sulfonamides is 1. The van der Waals surface area contributed by atoms with Gasteiger partial charge in [-0.05, 0) is 24.3 Å². The van der Waals surface area contributed by atoms with Gasteiger partial charge in [0.15, 0.2) is 0 Å². The van der Waals surface area contributed by atoms with Crippen molar-refractivity contribution in [3.8, 4) is 5.75 Å². The van der Waals surface area contributed by atoms with E-state index in [0.717, 1.165) is 6.07 Å². The maximum Gasteiger partial charge on any atom is 0.270 e. The molecule has 22 heavy (non-hydrogen) atoms. The van der Waals surface area contributed by atoms with Gasteiger partial charge in [-0.2, -0.15) is 0 Å². The first kappa shape index (κ1) is 16.1. The number of benzene rings is 2. The molecule has 0 aliphatic heterocycles. The Morgan fingerprint density at radius 1 is 1.23 bits per heavy atom. The second kappa shape index (κ2) is 6.20. The number of nitro groups is 1.